The molecule has 8 nitrogen and oxygen atoms in total. The summed E-state index contributed by atoms with van der Waals surface area (Å²) in [5.41, 5.74) is 0. The average molecular weight is 358 g/mol. The number of phosphoric ester groups is 1. The third kappa shape index (κ3) is 6.42. The first kappa shape index (κ1) is 20.3. The number of hydrogen-bond acceptors (Lipinski definition) is 5. The van der Waals surface area contributed by atoms with Crippen molar-refractivity contribution in [2.75, 3.05) is 13.3 Å². The Morgan fingerprint density at radius 2 is 1.82 bits per heavy atom. The molecule has 0 amide bonds. The number of ether oxygens (including phenoxy) is 1. The fourth-order valence-electron chi connectivity index (χ4n) is 2.91. The molecule has 0 aromatic heterocycles. The molecule has 3 N–H and O–H groups in total. The molecule has 130 valence electrons. The van der Waals surface area contributed by atoms with Crippen LogP contribution in [0.3, 0.4) is 0 Å². The van der Waals surface area contributed by atoms with Gasteiger partial charge in [-0.25, -0.2) is 4.57 Å². The van der Waals surface area contributed by atoms with E-state index in [1.807, 2.05) is 7.85 Å². The van der Waals surface area contributed by atoms with Gasteiger partial charge in [-0.2, -0.15) is 0 Å². The van der Waals surface area contributed by atoms with Gasteiger partial charge in [0, 0.05) is 7.11 Å². The van der Waals surface area contributed by atoms with E-state index in [2.05, 4.69) is 0 Å². The van der Waals surface area contributed by atoms with Crippen molar-refractivity contribution in [3.63, 3.8) is 0 Å². The zero-order valence-electron chi connectivity index (χ0n) is 13.3. The molecule has 1 aliphatic rings. The van der Waals surface area contributed by atoms with Gasteiger partial charge in [0.15, 0.2) is 0 Å². The Hall–Kier alpha value is 0.285. The number of rotatable bonds is 8. The maximum absolute atomic E-state index is 12.0. The quantitative estimate of drug-likeness (QED) is 0.433. The van der Waals surface area contributed by atoms with Crippen LogP contribution in [-0.4, -0.2) is 54.1 Å². The Bertz CT molecular complexity index is 453. The van der Waals surface area contributed by atoms with Gasteiger partial charge in [-0.05, 0) is 38.4 Å². The number of methoxy groups -OCH3 is 1. The fourth-order valence-corrected chi connectivity index (χ4v) is 4.76. The third-order valence-electron chi connectivity index (χ3n) is 3.69. The average Bonchev–Trinajstić information content (AvgIpc) is 2.59. The summed E-state index contributed by atoms with van der Waals surface area (Å²) in [6.45, 7) is 3.23. The van der Waals surface area contributed by atoms with E-state index < -0.39 is 33.7 Å². The molecule has 1 aliphatic carbocycles. The molecular weight excluding hydrogens is 333 g/mol. The second-order valence-electron chi connectivity index (χ2n) is 6.04. The van der Waals surface area contributed by atoms with Crippen molar-refractivity contribution in [1.82, 2.24) is 0 Å². The zero-order chi connectivity index (χ0) is 17.1. The molecule has 0 aromatic rings. The topological polar surface area (TPSA) is 123 Å². The Morgan fingerprint density at radius 3 is 2.27 bits per heavy atom. The van der Waals surface area contributed by atoms with Crippen LogP contribution in [0.25, 0.3) is 0 Å². The van der Waals surface area contributed by atoms with Crippen LogP contribution < -0.4 is 0 Å². The minimum atomic E-state index is -4.25. The van der Waals surface area contributed by atoms with Gasteiger partial charge < -0.3 is 19.4 Å². The minimum absolute atomic E-state index is 0.0517. The van der Waals surface area contributed by atoms with E-state index in [0.717, 1.165) is 0 Å². The summed E-state index contributed by atoms with van der Waals surface area (Å²) < 4.78 is 38.6. The van der Waals surface area contributed by atoms with Crippen molar-refractivity contribution in [3.05, 3.63) is 0 Å². The molecular formula is C11H25BO8P2. The molecule has 0 aliphatic heterocycles. The summed E-state index contributed by atoms with van der Waals surface area (Å²) in [4.78, 5) is 27.8. The SMILES string of the molecule is BC1C[C@H](CCP(=O)(O)O)[C@@H](OP(=O)(O)OC(C)C)[C@H]1OC. The Kier molecular flexibility index (Phi) is 7.31. The molecule has 11 heteroatoms. The van der Waals surface area contributed by atoms with Crippen LogP contribution >= 0.6 is 15.4 Å². The van der Waals surface area contributed by atoms with Crippen molar-refractivity contribution < 1.29 is 37.6 Å². The van der Waals surface area contributed by atoms with E-state index >= 15 is 0 Å². The summed E-state index contributed by atoms with van der Waals surface area (Å²) in [6, 6.07) is 0. The van der Waals surface area contributed by atoms with Gasteiger partial charge in [0.25, 0.3) is 0 Å². The van der Waals surface area contributed by atoms with Gasteiger partial charge in [-0.1, -0.05) is 0 Å². The molecule has 5 atom stereocenters. The molecule has 1 saturated carbocycles. The number of phosphoric acid groups is 1. The molecule has 22 heavy (non-hydrogen) atoms. The van der Waals surface area contributed by atoms with Gasteiger partial charge in [-0.15, -0.1) is 0 Å². The van der Waals surface area contributed by atoms with Crippen LogP contribution in [0.15, 0.2) is 0 Å². The van der Waals surface area contributed by atoms with Gasteiger partial charge >= 0.3 is 15.4 Å². The summed E-state index contributed by atoms with van der Waals surface area (Å²) in [7, 11) is -4.99. The maximum Gasteiger partial charge on any atom is 0.472 e. The van der Waals surface area contributed by atoms with Gasteiger partial charge in [0.1, 0.15) is 7.85 Å². The first-order valence-corrected chi connectivity index (χ1v) is 10.5. The van der Waals surface area contributed by atoms with Crippen LogP contribution in [0.5, 0.6) is 0 Å². The molecule has 0 aromatic carbocycles. The first-order valence-electron chi connectivity index (χ1n) is 7.22. The van der Waals surface area contributed by atoms with Gasteiger partial charge in [0.2, 0.25) is 0 Å². The summed E-state index contributed by atoms with van der Waals surface area (Å²) >= 11 is 0. The van der Waals surface area contributed by atoms with Crippen molar-refractivity contribution in [2.45, 2.75) is 50.8 Å². The van der Waals surface area contributed by atoms with Crippen LogP contribution in [-0.2, 0) is 22.9 Å². The highest BCUT2D eigenvalue weighted by Crippen LogP contribution is 2.52. The lowest BCUT2D eigenvalue weighted by atomic mass is 9.83. The third-order valence-corrected chi connectivity index (χ3v) is 5.72. The predicted octanol–water partition coefficient (Wildman–Crippen LogP) is 0.921. The van der Waals surface area contributed by atoms with Crippen molar-refractivity contribution in [1.29, 1.82) is 0 Å². The van der Waals surface area contributed by atoms with E-state index in [-0.39, 0.29) is 24.3 Å². The second kappa shape index (κ2) is 7.91. The maximum atomic E-state index is 12.0. The van der Waals surface area contributed by atoms with Crippen LogP contribution in [0.2, 0.25) is 5.82 Å². The summed E-state index contributed by atoms with van der Waals surface area (Å²) in [5, 5.41) is 0. The predicted molar refractivity (Wildman–Crippen MR) is 83.6 cm³/mol. The Labute approximate surface area is 131 Å². The molecule has 1 fully saturated rings. The van der Waals surface area contributed by atoms with Crippen LogP contribution in [0, 0.1) is 5.92 Å². The highest BCUT2D eigenvalue weighted by atomic mass is 31.2. The van der Waals surface area contributed by atoms with Crippen molar-refractivity contribution >= 4 is 23.3 Å². The van der Waals surface area contributed by atoms with E-state index in [4.69, 9.17) is 23.6 Å². The molecule has 0 heterocycles. The van der Waals surface area contributed by atoms with E-state index in [1.54, 1.807) is 13.8 Å². The molecule has 0 spiro atoms. The zero-order valence-corrected chi connectivity index (χ0v) is 15.1. The summed E-state index contributed by atoms with van der Waals surface area (Å²) in [5.74, 6) is -0.223. The largest absolute Gasteiger partial charge is 0.472 e. The molecule has 0 bridgehead atoms. The van der Waals surface area contributed by atoms with E-state index in [1.165, 1.54) is 7.11 Å². The highest BCUT2D eigenvalue weighted by Gasteiger charge is 2.46. The second-order valence-corrected chi connectivity index (χ2v) is 9.18. The number of hydrogen-bond donors (Lipinski definition) is 3. The molecule has 0 radical (unpaired) electrons. The molecule has 0 saturated heterocycles. The smallest absolute Gasteiger partial charge is 0.379 e. The fraction of sp³-hybridized carbons (Fsp3) is 1.00. The molecule has 1 rings (SSSR count). The molecule has 2 unspecified atom stereocenters. The van der Waals surface area contributed by atoms with E-state index in [9.17, 15) is 14.0 Å². The lowest BCUT2D eigenvalue weighted by Crippen LogP contribution is -2.32. The van der Waals surface area contributed by atoms with Crippen molar-refractivity contribution in [3.8, 4) is 0 Å². The van der Waals surface area contributed by atoms with Gasteiger partial charge in [0.05, 0.1) is 24.5 Å². The Morgan fingerprint density at radius 1 is 1.23 bits per heavy atom. The lowest BCUT2D eigenvalue weighted by molar-refractivity contribution is -0.0169. The monoisotopic (exact) mass is 358 g/mol. The first-order chi connectivity index (χ1) is 9.95. The van der Waals surface area contributed by atoms with Crippen molar-refractivity contribution in [2.24, 2.45) is 5.92 Å². The van der Waals surface area contributed by atoms with Crippen LogP contribution in [0.4, 0.5) is 0 Å². The minimum Gasteiger partial charge on any atom is -0.379 e. The lowest BCUT2D eigenvalue weighted by Gasteiger charge is -2.27. The van der Waals surface area contributed by atoms with E-state index in [0.29, 0.717) is 6.42 Å². The van der Waals surface area contributed by atoms with Gasteiger partial charge in [-0.3, -0.25) is 13.6 Å². The highest BCUT2D eigenvalue weighted by molar-refractivity contribution is 7.51. The van der Waals surface area contributed by atoms with Crippen LogP contribution in [0.1, 0.15) is 26.7 Å². The normalized spacial score (nSPS) is 32.3. The summed E-state index contributed by atoms with van der Waals surface area (Å²) in [6.07, 6.45) is -1.13. The Balaban J connectivity index is 2.83. The standard InChI is InChI=1S/C11H25BO8P2/c1-7(2)19-22(16,17)20-10-8(4-5-21(13,14)15)6-9(12)11(10)18-3/h7-11H,4-6,12H2,1-3H3,(H,16,17)(H2,13,14,15)/t8-,9?,10+,11-/m0/s1.